The highest BCUT2D eigenvalue weighted by atomic mass is 32.2. The van der Waals surface area contributed by atoms with Crippen LogP contribution in [0.15, 0.2) is 29.3 Å². The summed E-state index contributed by atoms with van der Waals surface area (Å²) in [5.41, 5.74) is 4.03. The topological polar surface area (TPSA) is 55.5 Å². The molecule has 0 aliphatic carbocycles. The largest absolute Gasteiger partial charge is 0.416 e. The Morgan fingerprint density at radius 3 is 2.52 bits per heavy atom. The van der Waals surface area contributed by atoms with Crippen molar-refractivity contribution in [1.29, 1.82) is 0 Å². The molecule has 1 unspecified atom stereocenters. The van der Waals surface area contributed by atoms with E-state index in [0.29, 0.717) is 11.4 Å². The summed E-state index contributed by atoms with van der Waals surface area (Å²) in [4.78, 5) is 15.9. The third-order valence-electron chi connectivity index (χ3n) is 3.80. The van der Waals surface area contributed by atoms with E-state index in [1.54, 1.807) is 19.9 Å². The molecule has 1 aliphatic heterocycles. The van der Waals surface area contributed by atoms with E-state index < -0.39 is 27.8 Å². The molecular weight excluding hydrogens is 301 g/mol. The lowest BCUT2D eigenvalue weighted by Gasteiger charge is -2.39. The van der Waals surface area contributed by atoms with E-state index in [1.165, 1.54) is 24.0 Å². The standard InChI is InChI=1S/C14H15F3N2OS/c1-12(2,11(18)20)13(7-19-8-21-13)9-4-3-5-10(6-9)14(15,16)17/h3-7H,8H2,1-2H3,(H2,18,20). The first-order valence-electron chi connectivity index (χ1n) is 6.24. The number of carbonyl (C=O) groups is 1. The molecule has 1 atom stereocenters. The fourth-order valence-electron chi connectivity index (χ4n) is 2.31. The normalized spacial score (nSPS) is 22.5. The number of halogens is 3. The number of aliphatic imine (C=N–C) groups is 1. The Morgan fingerprint density at radius 1 is 1.38 bits per heavy atom. The molecule has 3 nitrogen and oxygen atoms in total. The summed E-state index contributed by atoms with van der Waals surface area (Å²) in [5.74, 6) is -0.201. The van der Waals surface area contributed by atoms with Crippen LogP contribution in [0.4, 0.5) is 13.2 Å². The third kappa shape index (κ3) is 2.54. The number of primary amides is 1. The van der Waals surface area contributed by atoms with E-state index in [9.17, 15) is 18.0 Å². The molecular formula is C14H15F3N2OS. The van der Waals surface area contributed by atoms with Gasteiger partial charge in [-0.05, 0) is 31.5 Å². The molecule has 2 N–H and O–H groups in total. The van der Waals surface area contributed by atoms with Crippen LogP contribution in [0.3, 0.4) is 0 Å². The highest BCUT2D eigenvalue weighted by Gasteiger charge is 2.52. The lowest BCUT2D eigenvalue weighted by molar-refractivity contribution is -0.137. The smallest absolute Gasteiger partial charge is 0.369 e. The van der Waals surface area contributed by atoms with E-state index in [2.05, 4.69) is 4.99 Å². The van der Waals surface area contributed by atoms with Crippen molar-refractivity contribution < 1.29 is 18.0 Å². The van der Waals surface area contributed by atoms with E-state index in [1.807, 2.05) is 0 Å². The Bertz CT molecular complexity index is 598. The summed E-state index contributed by atoms with van der Waals surface area (Å²) < 4.78 is 37.7. The quantitative estimate of drug-likeness (QED) is 0.931. The second-order valence-corrected chi connectivity index (χ2v) is 6.58. The number of alkyl halides is 3. The fourth-order valence-corrected chi connectivity index (χ4v) is 3.57. The van der Waals surface area contributed by atoms with Crippen molar-refractivity contribution in [1.82, 2.24) is 0 Å². The number of rotatable bonds is 3. The second kappa shape index (κ2) is 5.05. The molecule has 1 heterocycles. The number of hydrogen-bond donors (Lipinski definition) is 1. The van der Waals surface area contributed by atoms with Crippen molar-refractivity contribution in [3.63, 3.8) is 0 Å². The van der Waals surface area contributed by atoms with Crippen molar-refractivity contribution in [3.8, 4) is 0 Å². The average molecular weight is 316 g/mol. The zero-order valence-corrected chi connectivity index (χ0v) is 12.4. The molecule has 114 valence electrons. The summed E-state index contributed by atoms with van der Waals surface area (Å²) in [6.45, 7) is 3.25. The number of hydrogen-bond acceptors (Lipinski definition) is 3. The van der Waals surface area contributed by atoms with Crippen molar-refractivity contribution in [2.45, 2.75) is 24.8 Å². The molecule has 0 spiro atoms. The first-order valence-corrected chi connectivity index (χ1v) is 7.22. The SMILES string of the molecule is CC(C)(C(N)=O)C1(c2cccc(C(F)(F)F)c2)C=NCS1. The Morgan fingerprint density at radius 2 is 2.05 bits per heavy atom. The maximum atomic E-state index is 12.9. The van der Waals surface area contributed by atoms with Crippen LogP contribution in [-0.2, 0) is 15.7 Å². The van der Waals surface area contributed by atoms with Gasteiger partial charge in [-0.1, -0.05) is 12.1 Å². The van der Waals surface area contributed by atoms with Gasteiger partial charge in [0.2, 0.25) is 5.91 Å². The van der Waals surface area contributed by atoms with E-state index in [4.69, 9.17) is 5.73 Å². The summed E-state index contributed by atoms with van der Waals surface area (Å²) in [6, 6.07) is 4.98. The number of thioether (sulfide) groups is 1. The van der Waals surface area contributed by atoms with Crippen LogP contribution in [0, 0.1) is 5.41 Å². The van der Waals surface area contributed by atoms with Gasteiger partial charge >= 0.3 is 6.18 Å². The van der Waals surface area contributed by atoms with Crippen LogP contribution in [-0.4, -0.2) is 18.0 Å². The monoisotopic (exact) mass is 316 g/mol. The number of nitrogens with two attached hydrogens (primary N) is 1. The van der Waals surface area contributed by atoms with E-state index in [0.717, 1.165) is 12.1 Å². The highest BCUT2D eigenvalue weighted by Crippen LogP contribution is 2.52. The number of amides is 1. The van der Waals surface area contributed by atoms with E-state index in [-0.39, 0.29) is 0 Å². The van der Waals surface area contributed by atoms with Crippen molar-refractivity contribution in [2.24, 2.45) is 16.1 Å². The van der Waals surface area contributed by atoms with Gasteiger partial charge in [-0.25, -0.2) is 0 Å². The van der Waals surface area contributed by atoms with E-state index >= 15 is 0 Å². The summed E-state index contributed by atoms with van der Waals surface area (Å²) >= 11 is 1.31. The number of benzene rings is 1. The maximum Gasteiger partial charge on any atom is 0.416 e. The first kappa shape index (κ1) is 15.9. The van der Waals surface area contributed by atoms with Crippen LogP contribution in [0.1, 0.15) is 25.0 Å². The Kier molecular flexibility index (Phi) is 3.82. The molecule has 2 rings (SSSR count). The van der Waals surface area contributed by atoms with Gasteiger partial charge in [-0.2, -0.15) is 13.2 Å². The maximum absolute atomic E-state index is 12.9. The fraction of sp³-hybridized carbons (Fsp3) is 0.429. The molecule has 1 aromatic carbocycles. The predicted molar refractivity (Wildman–Crippen MR) is 77.0 cm³/mol. The molecule has 21 heavy (non-hydrogen) atoms. The molecule has 0 aromatic heterocycles. The average Bonchev–Trinajstić information content (AvgIpc) is 2.88. The van der Waals surface area contributed by atoms with Gasteiger partial charge in [0.05, 0.1) is 21.6 Å². The zero-order chi connectivity index (χ0) is 15.9. The molecule has 1 aliphatic rings. The molecule has 7 heteroatoms. The van der Waals surface area contributed by atoms with Crippen molar-refractivity contribution >= 4 is 23.9 Å². The minimum absolute atomic E-state index is 0.382. The molecule has 0 saturated carbocycles. The first-order chi connectivity index (χ1) is 9.61. The summed E-state index contributed by atoms with van der Waals surface area (Å²) in [7, 11) is 0. The van der Waals surface area contributed by atoms with Crippen LogP contribution >= 0.6 is 11.8 Å². The van der Waals surface area contributed by atoms with Gasteiger partial charge in [0.25, 0.3) is 0 Å². The van der Waals surface area contributed by atoms with Gasteiger partial charge in [-0.3, -0.25) is 9.79 Å². The highest BCUT2D eigenvalue weighted by molar-refractivity contribution is 8.01. The number of carbonyl (C=O) groups excluding carboxylic acids is 1. The minimum Gasteiger partial charge on any atom is -0.369 e. The lowest BCUT2D eigenvalue weighted by Crippen LogP contribution is -2.48. The van der Waals surface area contributed by atoms with Gasteiger partial charge < -0.3 is 5.73 Å². The molecule has 1 amide bonds. The molecule has 0 bridgehead atoms. The second-order valence-electron chi connectivity index (χ2n) is 5.39. The van der Waals surface area contributed by atoms with Crippen LogP contribution < -0.4 is 5.73 Å². The predicted octanol–water partition coefficient (Wildman–Crippen LogP) is 3.19. The van der Waals surface area contributed by atoms with Crippen molar-refractivity contribution in [2.75, 3.05) is 5.88 Å². The van der Waals surface area contributed by atoms with Crippen molar-refractivity contribution in [3.05, 3.63) is 35.4 Å². The Balaban J connectivity index is 2.60. The van der Waals surface area contributed by atoms with Gasteiger partial charge in [0.15, 0.2) is 0 Å². The van der Waals surface area contributed by atoms with Gasteiger partial charge in [0, 0.05) is 6.21 Å². The molecule has 1 aromatic rings. The van der Waals surface area contributed by atoms with Gasteiger partial charge in [-0.15, -0.1) is 11.8 Å². The molecule has 0 fully saturated rings. The van der Waals surface area contributed by atoms with Crippen LogP contribution in [0.5, 0.6) is 0 Å². The Hall–Kier alpha value is -1.50. The third-order valence-corrected chi connectivity index (χ3v) is 5.39. The number of nitrogens with zero attached hydrogens (tertiary/aromatic N) is 1. The van der Waals surface area contributed by atoms with Gasteiger partial charge in [0.1, 0.15) is 0 Å². The molecule has 0 saturated heterocycles. The molecule has 0 radical (unpaired) electrons. The van der Waals surface area contributed by atoms with Crippen LogP contribution in [0.25, 0.3) is 0 Å². The zero-order valence-electron chi connectivity index (χ0n) is 11.6. The van der Waals surface area contributed by atoms with Crippen LogP contribution in [0.2, 0.25) is 0 Å². The summed E-state index contributed by atoms with van der Waals surface area (Å²) in [6.07, 6.45) is -2.90. The Labute approximate surface area is 124 Å². The lowest BCUT2D eigenvalue weighted by atomic mass is 9.73. The summed E-state index contributed by atoms with van der Waals surface area (Å²) in [5, 5.41) is 0. The minimum atomic E-state index is -4.44.